The van der Waals surface area contributed by atoms with Crippen molar-refractivity contribution in [1.82, 2.24) is 30.5 Å². The van der Waals surface area contributed by atoms with Crippen LogP contribution in [0, 0.1) is 0 Å². The Morgan fingerprint density at radius 3 is 2.52 bits per heavy atom. The minimum absolute atomic E-state index is 0.106. The van der Waals surface area contributed by atoms with Gasteiger partial charge in [-0.1, -0.05) is 30.3 Å². The quantitative estimate of drug-likeness (QED) is 0.179. The maximum atomic E-state index is 14.0. The van der Waals surface area contributed by atoms with Crippen molar-refractivity contribution in [3.63, 3.8) is 0 Å². The molecule has 4 heterocycles. The zero-order valence-corrected chi connectivity index (χ0v) is 29.9. The molecule has 5 amide bonds. The Balaban J connectivity index is 1.11. The average molecular weight is 705 g/mol. The van der Waals surface area contributed by atoms with Crippen LogP contribution in [0.3, 0.4) is 0 Å². The van der Waals surface area contributed by atoms with Gasteiger partial charge < -0.3 is 25.6 Å². The third kappa shape index (κ3) is 8.71. The number of unbranched alkanes of at least 4 members (excludes halogenated alkanes) is 1. The Labute approximate surface area is 302 Å². The Morgan fingerprint density at radius 2 is 1.75 bits per heavy atom. The summed E-state index contributed by atoms with van der Waals surface area (Å²) in [5.74, 6) is -0.914. The van der Waals surface area contributed by atoms with Crippen molar-refractivity contribution in [2.45, 2.75) is 77.6 Å². The molecule has 2 aromatic heterocycles. The molecule has 2 aliphatic heterocycles. The van der Waals surface area contributed by atoms with Crippen LogP contribution in [0.4, 0.5) is 15.3 Å². The van der Waals surface area contributed by atoms with Crippen molar-refractivity contribution in [3.05, 3.63) is 102 Å². The largest absolute Gasteiger partial charge is 0.444 e. The molecule has 4 aromatic rings. The summed E-state index contributed by atoms with van der Waals surface area (Å²) < 4.78 is 5.23. The molecule has 52 heavy (non-hydrogen) atoms. The van der Waals surface area contributed by atoms with Crippen LogP contribution in [-0.2, 0) is 27.4 Å². The lowest BCUT2D eigenvalue weighted by atomic mass is 9.86. The summed E-state index contributed by atoms with van der Waals surface area (Å²) in [6, 6.07) is 18.2. The summed E-state index contributed by atoms with van der Waals surface area (Å²) in [7, 11) is 0. The third-order valence-corrected chi connectivity index (χ3v) is 8.95. The molecule has 2 aromatic carbocycles. The number of nitrogens with one attached hydrogen (secondary N) is 3. The van der Waals surface area contributed by atoms with Crippen molar-refractivity contribution in [2.75, 3.05) is 18.4 Å². The van der Waals surface area contributed by atoms with Crippen LogP contribution in [-0.4, -0.2) is 74.3 Å². The number of ether oxygens (including phenoxy) is 1. The molecule has 270 valence electrons. The summed E-state index contributed by atoms with van der Waals surface area (Å²) in [6.07, 6.45) is 6.19. The van der Waals surface area contributed by atoms with Gasteiger partial charge in [0.25, 0.3) is 5.91 Å². The predicted molar refractivity (Wildman–Crippen MR) is 197 cm³/mol. The van der Waals surface area contributed by atoms with E-state index in [1.165, 1.54) is 5.01 Å². The van der Waals surface area contributed by atoms with E-state index in [0.717, 1.165) is 38.9 Å². The SMILES string of the molecule is C[C@H](NC(=O)OC(C)(C)C)C(=O)NCCCCN1N=C(c2ccc(NC(=O)N3Cc4ccncc4C3)cc2)CC(c2cccc3ncccc23)C1=O. The monoisotopic (exact) mass is 704 g/mol. The molecule has 13 heteroatoms. The summed E-state index contributed by atoms with van der Waals surface area (Å²) in [5.41, 5.74) is 5.42. The number of pyridine rings is 2. The summed E-state index contributed by atoms with van der Waals surface area (Å²) in [6.45, 7) is 8.62. The Hall–Kier alpha value is -5.85. The predicted octanol–water partition coefficient (Wildman–Crippen LogP) is 5.71. The third-order valence-electron chi connectivity index (χ3n) is 8.95. The first-order valence-corrected chi connectivity index (χ1v) is 17.5. The number of rotatable bonds is 10. The van der Waals surface area contributed by atoms with Gasteiger partial charge in [-0.25, -0.2) is 14.6 Å². The van der Waals surface area contributed by atoms with Crippen LogP contribution in [0.15, 0.2) is 84.4 Å². The molecule has 0 bridgehead atoms. The Bertz CT molecular complexity index is 1960. The standard InChI is InChI=1S/C39H44N8O5/c1-25(43-38(51)52-39(2,3)4)35(48)42-17-5-6-20-47-36(49)32(30-9-7-11-33-31(30)10-8-18-41-33)21-34(45-47)26-12-14-29(15-13-26)44-37(50)46-23-27-16-19-40-22-28(27)24-46/h7-16,18-19,22,25,32H,5-6,17,20-21,23-24H2,1-4H3,(H,42,48)(H,43,51)(H,44,50)/t25-,32?/m0/s1. The first-order valence-electron chi connectivity index (χ1n) is 17.5. The number of aromatic nitrogens is 2. The van der Waals surface area contributed by atoms with Gasteiger partial charge in [-0.2, -0.15) is 5.10 Å². The summed E-state index contributed by atoms with van der Waals surface area (Å²) in [5, 5.41) is 15.6. The number of fused-ring (bicyclic) bond motifs is 2. The van der Waals surface area contributed by atoms with Crippen molar-refractivity contribution >= 4 is 46.2 Å². The Kier molecular flexibility index (Phi) is 10.8. The summed E-state index contributed by atoms with van der Waals surface area (Å²) >= 11 is 0. The average Bonchev–Trinajstić information content (AvgIpc) is 3.56. The lowest BCUT2D eigenvalue weighted by Crippen LogP contribution is -2.46. The molecule has 13 nitrogen and oxygen atoms in total. The van der Waals surface area contributed by atoms with Crippen molar-refractivity contribution in [3.8, 4) is 0 Å². The van der Waals surface area contributed by atoms with Crippen molar-refractivity contribution in [2.24, 2.45) is 5.10 Å². The van der Waals surface area contributed by atoms with E-state index in [2.05, 4.69) is 25.9 Å². The van der Waals surface area contributed by atoms with E-state index in [-0.39, 0.29) is 17.8 Å². The van der Waals surface area contributed by atoms with Crippen molar-refractivity contribution in [1.29, 1.82) is 0 Å². The number of carbonyl (C=O) groups excluding carboxylic acids is 4. The highest BCUT2D eigenvalue weighted by atomic mass is 16.6. The molecule has 6 rings (SSSR count). The minimum Gasteiger partial charge on any atom is -0.444 e. The number of carbonyl (C=O) groups is 4. The van der Waals surface area contributed by atoms with Gasteiger partial charge in [0.1, 0.15) is 11.6 Å². The second kappa shape index (κ2) is 15.6. The zero-order chi connectivity index (χ0) is 36.8. The number of hydrogen-bond donors (Lipinski definition) is 3. The number of benzene rings is 2. The number of urea groups is 1. The van der Waals surface area contributed by atoms with Crippen LogP contribution in [0.1, 0.15) is 75.1 Å². The number of hydrogen-bond acceptors (Lipinski definition) is 8. The van der Waals surface area contributed by atoms with E-state index in [1.54, 1.807) is 51.2 Å². The van der Waals surface area contributed by atoms with E-state index >= 15 is 0 Å². The second-order valence-corrected chi connectivity index (χ2v) is 14.1. The molecule has 0 radical (unpaired) electrons. The number of amides is 5. The highest BCUT2D eigenvalue weighted by molar-refractivity contribution is 6.07. The fraction of sp³-hybridized carbons (Fsp3) is 0.359. The molecular weight excluding hydrogens is 660 g/mol. The van der Waals surface area contributed by atoms with Gasteiger partial charge >= 0.3 is 12.1 Å². The van der Waals surface area contributed by atoms with Gasteiger partial charge in [0.15, 0.2) is 0 Å². The molecule has 0 saturated carbocycles. The zero-order valence-electron chi connectivity index (χ0n) is 29.9. The van der Waals surface area contributed by atoms with E-state index in [9.17, 15) is 19.2 Å². The number of alkyl carbamates (subject to hydrolysis) is 1. The molecular formula is C39H44N8O5. The van der Waals surface area contributed by atoms with Crippen LogP contribution in [0.2, 0.25) is 0 Å². The normalized spacial score (nSPS) is 16.2. The highest BCUT2D eigenvalue weighted by Gasteiger charge is 2.33. The van der Waals surface area contributed by atoms with Gasteiger partial charge in [-0.15, -0.1) is 0 Å². The van der Waals surface area contributed by atoms with Gasteiger partial charge in [0.05, 0.1) is 17.1 Å². The lowest BCUT2D eigenvalue weighted by Gasteiger charge is -2.30. The molecule has 1 unspecified atom stereocenters. The van der Waals surface area contributed by atoms with E-state index < -0.39 is 23.7 Å². The molecule has 2 atom stereocenters. The van der Waals surface area contributed by atoms with Gasteiger partial charge in [-0.3, -0.25) is 19.6 Å². The number of nitrogens with zero attached hydrogens (tertiary/aromatic N) is 5. The molecule has 2 aliphatic rings. The van der Waals surface area contributed by atoms with Crippen LogP contribution < -0.4 is 16.0 Å². The molecule has 0 fully saturated rings. The van der Waals surface area contributed by atoms with Crippen LogP contribution in [0.25, 0.3) is 10.9 Å². The van der Waals surface area contributed by atoms with Gasteiger partial charge in [0, 0.05) is 62.3 Å². The van der Waals surface area contributed by atoms with Crippen LogP contribution >= 0.6 is 0 Å². The minimum atomic E-state index is -0.767. The first kappa shape index (κ1) is 36.0. The topological polar surface area (TPSA) is 158 Å². The highest BCUT2D eigenvalue weighted by Crippen LogP contribution is 2.33. The van der Waals surface area contributed by atoms with Gasteiger partial charge in [-0.05, 0) is 93.1 Å². The first-order chi connectivity index (χ1) is 24.9. The maximum Gasteiger partial charge on any atom is 0.408 e. The summed E-state index contributed by atoms with van der Waals surface area (Å²) in [4.78, 5) is 62.1. The van der Waals surface area contributed by atoms with Crippen molar-refractivity contribution < 1.29 is 23.9 Å². The molecule has 0 saturated heterocycles. The molecule has 0 spiro atoms. The van der Waals surface area contributed by atoms with E-state index in [1.807, 2.05) is 60.7 Å². The maximum absolute atomic E-state index is 14.0. The number of anilines is 1. The Morgan fingerprint density at radius 1 is 0.962 bits per heavy atom. The smallest absolute Gasteiger partial charge is 0.408 e. The second-order valence-electron chi connectivity index (χ2n) is 14.1. The lowest BCUT2D eigenvalue weighted by molar-refractivity contribution is -0.133. The molecule has 0 aliphatic carbocycles. The fourth-order valence-corrected chi connectivity index (χ4v) is 6.32. The van der Waals surface area contributed by atoms with Crippen LogP contribution in [0.5, 0.6) is 0 Å². The van der Waals surface area contributed by atoms with E-state index in [0.29, 0.717) is 51.1 Å². The number of hydrazone groups is 1. The van der Waals surface area contributed by atoms with E-state index in [4.69, 9.17) is 9.84 Å². The molecule has 3 N–H and O–H groups in total. The van der Waals surface area contributed by atoms with Gasteiger partial charge in [0.2, 0.25) is 5.91 Å². The fourth-order valence-electron chi connectivity index (χ4n) is 6.32.